The highest BCUT2D eigenvalue weighted by Gasteiger charge is 2.39. The number of nitrogens with zero attached hydrogens (tertiary/aromatic N) is 3. The molecule has 2 atom stereocenters. The third kappa shape index (κ3) is 4.32. The molecule has 4 heterocycles. The summed E-state index contributed by atoms with van der Waals surface area (Å²) in [4.78, 5) is 20.8. The van der Waals surface area contributed by atoms with E-state index in [0.717, 1.165) is 16.8 Å². The molecule has 9 heteroatoms. The second-order valence-electron chi connectivity index (χ2n) is 8.14. The molecule has 1 saturated heterocycles. The van der Waals surface area contributed by atoms with E-state index < -0.39 is 11.7 Å². The lowest BCUT2D eigenvalue weighted by Crippen LogP contribution is -2.30. The van der Waals surface area contributed by atoms with Crippen molar-refractivity contribution in [3.05, 3.63) is 42.0 Å². The van der Waals surface area contributed by atoms with Gasteiger partial charge in [-0.25, -0.2) is 9.97 Å². The Labute approximate surface area is 186 Å². The zero-order chi connectivity index (χ0) is 22.9. The van der Waals surface area contributed by atoms with E-state index in [-0.39, 0.29) is 12.5 Å². The van der Waals surface area contributed by atoms with Gasteiger partial charge in [0.05, 0.1) is 29.6 Å². The minimum Gasteiger partial charge on any atom is -0.491 e. The van der Waals surface area contributed by atoms with Gasteiger partial charge in [-0.2, -0.15) is 0 Å². The summed E-state index contributed by atoms with van der Waals surface area (Å²) in [6, 6.07) is 7.53. The van der Waals surface area contributed by atoms with E-state index in [4.69, 9.17) is 19.2 Å². The molecule has 32 heavy (non-hydrogen) atoms. The molecule has 0 spiro atoms. The zero-order valence-corrected chi connectivity index (χ0v) is 18.7. The SMILES string of the molecule is CO[C@@]1(c2cc(OC[C@@H](C)O)cc(-c3cc(C)n4cnc(NC(C)=O)cc34)n2)CCOC1. The van der Waals surface area contributed by atoms with Crippen LogP contribution in [-0.4, -0.2) is 58.4 Å². The highest BCUT2D eigenvalue weighted by atomic mass is 16.5. The largest absolute Gasteiger partial charge is 0.491 e. The van der Waals surface area contributed by atoms with Gasteiger partial charge in [-0.1, -0.05) is 0 Å². The quantitative estimate of drug-likeness (QED) is 0.582. The van der Waals surface area contributed by atoms with E-state index in [1.54, 1.807) is 20.4 Å². The minimum atomic E-state index is -0.660. The van der Waals surface area contributed by atoms with Crippen molar-refractivity contribution in [3.8, 4) is 17.0 Å². The van der Waals surface area contributed by atoms with Crippen molar-refractivity contribution in [2.75, 3.05) is 32.2 Å². The summed E-state index contributed by atoms with van der Waals surface area (Å²) in [6.45, 7) is 6.25. The van der Waals surface area contributed by atoms with Crippen LogP contribution in [0.15, 0.2) is 30.6 Å². The van der Waals surface area contributed by atoms with Crippen LogP contribution in [0.1, 0.15) is 31.7 Å². The highest BCUT2D eigenvalue weighted by Crippen LogP contribution is 2.37. The Morgan fingerprint density at radius 1 is 1.38 bits per heavy atom. The fraction of sp³-hybridized carbons (Fsp3) is 0.435. The van der Waals surface area contributed by atoms with Gasteiger partial charge < -0.3 is 29.0 Å². The maximum atomic E-state index is 11.5. The number of aromatic nitrogens is 3. The van der Waals surface area contributed by atoms with Crippen molar-refractivity contribution in [2.45, 2.75) is 38.9 Å². The van der Waals surface area contributed by atoms with Crippen molar-refractivity contribution in [1.29, 1.82) is 0 Å². The number of aliphatic hydroxyl groups excluding tert-OH is 1. The summed E-state index contributed by atoms with van der Waals surface area (Å²) in [6.07, 6.45) is 1.75. The number of rotatable bonds is 7. The molecular weight excluding hydrogens is 412 g/mol. The third-order valence-electron chi connectivity index (χ3n) is 5.57. The fourth-order valence-corrected chi connectivity index (χ4v) is 3.90. The number of hydrogen-bond donors (Lipinski definition) is 2. The van der Waals surface area contributed by atoms with Gasteiger partial charge in [0.2, 0.25) is 5.91 Å². The summed E-state index contributed by atoms with van der Waals surface area (Å²) >= 11 is 0. The molecule has 0 aliphatic carbocycles. The fourth-order valence-electron chi connectivity index (χ4n) is 3.90. The van der Waals surface area contributed by atoms with Crippen molar-refractivity contribution < 1.29 is 24.1 Å². The number of aliphatic hydroxyl groups is 1. The molecule has 1 amide bonds. The number of amides is 1. The first-order valence-corrected chi connectivity index (χ1v) is 10.5. The molecule has 1 aliphatic heterocycles. The average Bonchev–Trinajstić information content (AvgIpc) is 3.37. The molecule has 0 radical (unpaired) electrons. The van der Waals surface area contributed by atoms with Gasteiger partial charge in [0.15, 0.2) is 0 Å². The topological polar surface area (TPSA) is 107 Å². The number of aryl methyl sites for hydroxylation is 1. The summed E-state index contributed by atoms with van der Waals surface area (Å²) in [7, 11) is 1.66. The number of methoxy groups -OCH3 is 1. The van der Waals surface area contributed by atoms with E-state index >= 15 is 0 Å². The first kappa shape index (κ1) is 22.2. The van der Waals surface area contributed by atoms with Crippen molar-refractivity contribution in [2.24, 2.45) is 0 Å². The van der Waals surface area contributed by atoms with Gasteiger partial charge in [0.25, 0.3) is 0 Å². The van der Waals surface area contributed by atoms with Crippen LogP contribution in [0.3, 0.4) is 0 Å². The van der Waals surface area contributed by atoms with Crippen LogP contribution < -0.4 is 10.1 Å². The molecule has 170 valence electrons. The van der Waals surface area contributed by atoms with Gasteiger partial charge in [0, 0.05) is 56.5 Å². The predicted octanol–water partition coefficient (Wildman–Crippen LogP) is 2.68. The van der Waals surface area contributed by atoms with Crippen LogP contribution in [0.25, 0.3) is 16.8 Å². The predicted molar refractivity (Wildman–Crippen MR) is 119 cm³/mol. The van der Waals surface area contributed by atoms with Gasteiger partial charge in [-0.3, -0.25) is 4.79 Å². The van der Waals surface area contributed by atoms with E-state index in [1.165, 1.54) is 6.92 Å². The van der Waals surface area contributed by atoms with Gasteiger partial charge in [-0.05, 0) is 19.9 Å². The lowest BCUT2D eigenvalue weighted by atomic mass is 9.97. The molecule has 0 aromatic carbocycles. The second kappa shape index (κ2) is 8.85. The van der Waals surface area contributed by atoms with Crippen LogP contribution in [0.2, 0.25) is 0 Å². The number of ether oxygens (including phenoxy) is 3. The number of carbonyl (C=O) groups excluding carboxylic acids is 1. The highest BCUT2D eigenvalue weighted by molar-refractivity contribution is 5.90. The van der Waals surface area contributed by atoms with Crippen molar-refractivity contribution in [1.82, 2.24) is 14.4 Å². The number of anilines is 1. The standard InChI is InChI=1S/C23H28N4O5/c1-14-7-18(20-10-22(25-16(3)29)24-13-27(14)20)19-8-17(32-11-15(2)28)9-21(26-19)23(30-4)5-6-31-12-23/h7-10,13,15,28H,5-6,11-12H2,1-4H3,(H,25,29)/t15-,23+/m1/s1. The normalized spacial score (nSPS) is 19.3. The summed E-state index contributed by atoms with van der Waals surface area (Å²) in [5.74, 6) is 0.856. The molecule has 4 rings (SSSR count). The molecule has 0 unspecified atom stereocenters. The van der Waals surface area contributed by atoms with Gasteiger partial charge in [-0.15, -0.1) is 0 Å². The maximum Gasteiger partial charge on any atom is 0.222 e. The Morgan fingerprint density at radius 2 is 2.19 bits per heavy atom. The van der Waals surface area contributed by atoms with E-state index in [9.17, 15) is 9.90 Å². The molecule has 3 aromatic rings. The van der Waals surface area contributed by atoms with E-state index in [0.29, 0.717) is 42.6 Å². The molecule has 1 aliphatic rings. The number of pyridine rings is 1. The molecule has 2 N–H and O–H groups in total. The number of fused-ring (bicyclic) bond motifs is 1. The van der Waals surface area contributed by atoms with Crippen LogP contribution in [0, 0.1) is 6.92 Å². The monoisotopic (exact) mass is 440 g/mol. The number of hydrogen-bond acceptors (Lipinski definition) is 7. The maximum absolute atomic E-state index is 11.5. The van der Waals surface area contributed by atoms with E-state index in [2.05, 4.69) is 10.3 Å². The Bertz CT molecular complexity index is 1130. The van der Waals surface area contributed by atoms with Gasteiger partial charge >= 0.3 is 0 Å². The average molecular weight is 441 g/mol. The van der Waals surface area contributed by atoms with Crippen LogP contribution in [0.4, 0.5) is 5.82 Å². The number of carbonyl (C=O) groups is 1. The smallest absolute Gasteiger partial charge is 0.222 e. The van der Waals surface area contributed by atoms with Gasteiger partial charge in [0.1, 0.15) is 30.1 Å². The van der Waals surface area contributed by atoms with Crippen molar-refractivity contribution in [3.63, 3.8) is 0 Å². The second-order valence-corrected chi connectivity index (χ2v) is 8.14. The lowest BCUT2D eigenvalue weighted by molar-refractivity contribution is -0.114. The Morgan fingerprint density at radius 3 is 2.84 bits per heavy atom. The minimum absolute atomic E-state index is 0.158. The Kier molecular flexibility index (Phi) is 6.14. The molecule has 3 aromatic heterocycles. The third-order valence-corrected chi connectivity index (χ3v) is 5.57. The molecule has 0 bridgehead atoms. The van der Waals surface area contributed by atoms with E-state index in [1.807, 2.05) is 35.6 Å². The number of nitrogens with one attached hydrogen (secondary N) is 1. The Balaban J connectivity index is 1.86. The Hall–Kier alpha value is -3.01. The summed E-state index contributed by atoms with van der Waals surface area (Å²) < 4.78 is 19.3. The van der Waals surface area contributed by atoms with Crippen LogP contribution in [-0.2, 0) is 19.9 Å². The van der Waals surface area contributed by atoms with Crippen molar-refractivity contribution >= 4 is 17.2 Å². The molecular formula is C23H28N4O5. The first-order valence-electron chi connectivity index (χ1n) is 10.5. The molecule has 0 saturated carbocycles. The molecule has 9 nitrogen and oxygen atoms in total. The summed E-state index contributed by atoms with van der Waals surface area (Å²) in [5, 5.41) is 12.4. The zero-order valence-electron chi connectivity index (χ0n) is 18.7. The van der Waals surface area contributed by atoms with Crippen LogP contribution in [0.5, 0.6) is 5.75 Å². The van der Waals surface area contributed by atoms with Crippen LogP contribution >= 0.6 is 0 Å². The first-order chi connectivity index (χ1) is 15.3. The molecule has 1 fully saturated rings. The summed E-state index contributed by atoms with van der Waals surface area (Å²) in [5.41, 5.74) is 3.43. The lowest BCUT2D eigenvalue weighted by Gasteiger charge is -2.26.